The number of aliphatic carboxylic acids is 1. The number of carbonyl (C=O) groups is 1. The van der Waals surface area contributed by atoms with Gasteiger partial charge >= 0.3 is 11.7 Å². The van der Waals surface area contributed by atoms with Gasteiger partial charge in [0.15, 0.2) is 17.3 Å². The molecule has 0 bridgehead atoms. The second kappa shape index (κ2) is 9.93. The highest BCUT2D eigenvalue weighted by molar-refractivity contribution is 8.04. The highest BCUT2D eigenvalue weighted by atomic mass is 32.2. The number of nitrogens with one attached hydrogen (secondary N) is 3. The van der Waals surface area contributed by atoms with Crippen molar-refractivity contribution in [1.29, 1.82) is 5.41 Å². The first-order chi connectivity index (χ1) is 16.8. The Labute approximate surface area is 203 Å². The Morgan fingerprint density at radius 3 is 2.63 bits per heavy atom. The number of carboxylic acids is 1. The van der Waals surface area contributed by atoms with Crippen molar-refractivity contribution in [2.75, 3.05) is 25.3 Å². The second-order valence-electron chi connectivity index (χ2n) is 7.44. The number of nitrogen functional groups attached to an aromatic ring is 1. The minimum atomic E-state index is -1.10. The van der Waals surface area contributed by atoms with Gasteiger partial charge in [0.25, 0.3) is 0 Å². The van der Waals surface area contributed by atoms with Crippen molar-refractivity contribution in [2.45, 2.75) is 12.5 Å². The van der Waals surface area contributed by atoms with Gasteiger partial charge in [-0.3, -0.25) is 15.4 Å². The third kappa shape index (κ3) is 4.84. The summed E-state index contributed by atoms with van der Waals surface area (Å²) in [4.78, 5) is 31.7. The third-order valence-electron chi connectivity index (χ3n) is 5.30. The average Bonchev–Trinajstić information content (AvgIpc) is 3.49. The smallest absolute Gasteiger partial charge is 0.347 e. The maximum atomic E-state index is 12.8. The number of aromatic amines is 1. The fraction of sp³-hybridized carbons (Fsp3) is 0.227. The summed E-state index contributed by atoms with van der Waals surface area (Å²) in [5, 5.41) is 24.8. The number of rotatable bonds is 9. The lowest BCUT2D eigenvalue weighted by Crippen LogP contribution is -2.18. The number of pyridine rings is 1. The van der Waals surface area contributed by atoms with Crippen LogP contribution < -0.4 is 26.2 Å². The fourth-order valence-corrected chi connectivity index (χ4v) is 4.57. The first-order valence-electron chi connectivity index (χ1n) is 10.4. The number of carboxylic acid groups (broad SMARTS) is 1. The van der Waals surface area contributed by atoms with Gasteiger partial charge in [0, 0.05) is 29.5 Å². The molecule has 0 saturated carbocycles. The van der Waals surface area contributed by atoms with Crippen LogP contribution in [0.1, 0.15) is 29.5 Å². The van der Waals surface area contributed by atoms with Crippen molar-refractivity contribution < 1.29 is 19.4 Å². The van der Waals surface area contributed by atoms with Crippen LogP contribution >= 0.6 is 11.8 Å². The van der Waals surface area contributed by atoms with Crippen LogP contribution in [0.3, 0.4) is 0 Å². The molecule has 0 aliphatic carbocycles. The SMILES string of the molecule is COc1cnc(C(Nc2ccc(C(=N)N)cc2)c2nn(C3=C(C(=O)O)SCC3)c(=O)[nH]2)cc1OC. The number of nitrogens with two attached hydrogens (primary N) is 1. The molecule has 1 atom stereocenters. The summed E-state index contributed by atoms with van der Waals surface area (Å²) in [5.74, 6) is 0.475. The Hall–Kier alpha value is -4.26. The van der Waals surface area contributed by atoms with E-state index in [2.05, 4.69) is 20.4 Å². The van der Waals surface area contributed by atoms with Gasteiger partial charge in [-0.2, -0.15) is 4.68 Å². The van der Waals surface area contributed by atoms with E-state index in [1.165, 1.54) is 32.2 Å². The van der Waals surface area contributed by atoms with Crippen LogP contribution in [0.15, 0.2) is 46.2 Å². The van der Waals surface area contributed by atoms with Crippen LogP contribution in [0.4, 0.5) is 5.69 Å². The molecule has 35 heavy (non-hydrogen) atoms. The molecule has 12 nitrogen and oxygen atoms in total. The maximum Gasteiger partial charge on any atom is 0.347 e. The number of anilines is 1. The molecule has 3 aromatic rings. The number of aromatic nitrogens is 4. The number of hydrogen-bond acceptors (Lipinski definition) is 9. The molecular formula is C22H23N7O5S. The molecule has 1 aliphatic heterocycles. The highest BCUT2D eigenvalue weighted by Crippen LogP contribution is 2.34. The predicted molar refractivity (Wildman–Crippen MR) is 131 cm³/mol. The summed E-state index contributed by atoms with van der Waals surface area (Å²) in [6, 6.07) is 7.76. The molecule has 3 heterocycles. The van der Waals surface area contributed by atoms with Crippen LogP contribution in [0.2, 0.25) is 0 Å². The first-order valence-corrected chi connectivity index (χ1v) is 11.4. The molecule has 13 heteroatoms. The zero-order valence-electron chi connectivity index (χ0n) is 18.9. The molecule has 1 aliphatic rings. The van der Waals surface area contributed by atoms with Gasteiger partial charge < -0.3 is 25.6 Å². The number of methoxy groups -OCH3 is 2. The average molecular weight is 498 g/mol. The van der Waals surface area contributed by atoms with Crippen LogP contribution in [-0.2, 0) is 4.79 Å². The maximum absolute atomic E-state index is 12.8. The van der Waals surface area contributed by atoms with Crippen LogP contribution in [0, 0.1) is 5.41 Å². The van der Waals surface area contributed by atoms with Crippen molar-refractivity contribution in [3.8, 4) is 11.5 Å². The van der Waals surface area contributed by atoms with E-state index in [1.807, 2.05) is 0 Å². The van der Waals surface area contributed by atoms with E-state index in [-0.39, 0.29) is 16.6 Å². The summed E-state index contributed by atoms with van der Waals surface area (Å²) >= 11 is 1.17. The van der Waals surface area contributed by atoms with E-state index < -0.39 is 17.7 Å². The number of benzene rings is 1. The topological polar surface area (TPSA) is 181 Å². The molecule has 0 radical (unpaired) electrons. The van der Waals surface area contributed by atoms with Crippen LogP contribution in [-0.4, -0.2) is 56.6 Å². The van der Waals surface area contributed by atoms with Crippen molar-refractivity contribution in [3.05, 3.63) is 69.0 Å². The second-order valence-corrected chi connectivity index (χ2v) is 8.54. The zero-order chi connectivity index (χ0) is 25.1. The molecule has 1 unspecified atom stereocenters. The van der Waals surface area contributed by atoms with Crippen molar-refractivity contribution >= 4 is 35.0 Å². The predicted octanol–water partition coefficient (Wildman–Crippen LogP) is 1.86. The van der Waals surface area contributed by atoms with Gasteiger partial charge in [0.05, 0.1) is 31.8 Å². The molecule has 0 spiro atoms. The third-order valence-corrected chi connectivity index (χ3v) is 6.41. The summed E-state index contributed by atoms with van der Waals surface area (Å²) in [6.07, 6.45) is 1.89. The number of hydrogen-bond donors (Lipinski definition) is 5. The Balaban J connectivity index is 1.79. The van der Waals surface area contributed by atoms with Crippen LogP contribution in [0.25, 0.3) is 5.70 Å². The molecule has 4 rings (SSSR count). The van der Waals surface area contributed by atoms with Gasteiger partial charge in [-0.15, -0.1) is 16.9 Å². The van der Waals surface area contributed by atoms with Gasteiger partial charge in [-0.05, 0) is 24.3 Å². The van der Waals surface area contributed by atoms with E-state index in [0.717, 1.165) is 4.68 Å². The minimum Gasteiger partial charge on any atom is -0.493 e. The number of thioether (sulfide) groups is 1. The van der Waals surface area contributed by atoms with E-state index in [1.54, 1.807) is 30.3 Å². The van der Waals surface area contributed by atoms with Gasteiger partial charge in [0.1, 0.15) is 16.8 Å². The van der Waals surface area contributed by atoms with Gasteiger partial charge in [0.2, 0.25) is 0 Å². The highest BCUT2D eigenvalue weighted by Gasteiger charge is 2.28. The summed E-state index contributed by atoms with van der Waals surface area (Å²) in [7, 11) is 3.00. The number of allylic oxidation sites excluding steroid dienone is 1. The number of nitrogens with zero attached hydrogens (tertiary/aromatic N) is 3. The minimum absolute atomic E-state index is 0.0605. The quantitative estimate of drug-likeness (QED) is 0.216. The first kappa shape index (κ1) is 23.9. The Kier molecular flexibility index (Phi) is 6.78. The molecule has 182 valence electrons. The Morgan fingerprint density at radius 1 is 1.29 bits per heavy atom. The zero-order valence-corrected chi connectivity index (χ0v) is 19.7. The number of amidine groups is 1. The lowest BCUT2D eigenvalue weighted by Gasteiger charge is -2.19. The van der Waals surface area contributed by atoms with E-state index in [9.17, 15) is 14.7 Å². The van der Waals surface area contributed by atoms with Crippen molar-refractivity contribution in [3.63, 3.8) is 0 Å². The summed E-state index contributed by atoms with van der Waals surface area (Å²) in [6.45, 7) is 0. The fourth-order valence-electron chi connectivity index (χ4n) is 3.59. The summed E-state index contributed by atoms with van der Waals surface area (Å²) < 4.78 is 11.8. The molecule has 0 fully saturated rings. The van der Waals surface area contributed by atoms with Crippen LogP contribution in [0.5, 0.6) is 11.5 Å². The molecule has 0 amide bonds. The van der Waals surface area contributed by atoms with Gasteiger partial charge in [-0.1, -0.05) is 0 Å². The van der Waals surface area contributed by atoms with Gasteiger partial charge in [-0.25, -0.2) is 9.59 Å². The Bertz CT molecular complexity index is 1360. The van der Waals surface area contributed by atoms with E-state index in [4.69, 9.17) is 20.6 Å². The largest absolute Gasteiger partial charge is 0.493 e. The lowest BCUT2D eigenvalue weighted by atomic mass is 10.1. The number of ether oxygens (including phenoxy) is 2. The van der Waals surface area contributed by atoms with E-state index in [0.29, 0.717) is 46.3 Å². The molecule has 0 saturated heterocycles. The van der Waals surface area contributed by atoms with E-state index >= 15 is 0 Å². The molecule has 2 aromatic heterocycles. The Morgan fingerprint density at radius 2 is 2.00 bits per heavy atom. The summed E-state index contributed by atoms with van der Waals surface area (Å²) in [5.41, 5.74) is 6.99. The van der Waals surface area contributed by atoms with Crippen molar-refractivity contribution in [1.82, 2.24) is 19.7 Å². The molecule has 6 N–H and O–H groups in total. The van der Waals surface area contributed by atoms with Crippen molar-refractivity contribution in [2.24, 2.45) is 5.73 Å². The normalized spacial score (nSPS) is 14.0. The molecule has 1 aromatic carbocycles. The number of H-pyrrole nitrogens is 1. The standard InChI is InChI=1S/C22H23N7O5S/c1-33-15-9-13(25-10-16(15)34-2)17(26-12-5-3-11(4-6-12)19(23)24)20-27-22(32)29(28-20)14-7-8-35-18(14)21(30)31/h3-6,9-10,17,26H,7-8H2,1-2H3,(H3,23,24)(H,30,31)(H,27,28,32). The lowest BCUT2D eigenvalue weighted by molar-refractivity contribution is -0.131. The monoisotopic (exact) mass is 497 g/mol. The molecular weight excluding hydrogens is 474 g/mol.